The average molecular weight is 127 g/mol. The maximum Gasteiger partial charge on any atom is 0.136 e. The lowest BCUT2D eigenvalue weighted by Gasteiger charge is -1.81. The van der Waals surface area contributed by atoms with Crippen LogP contribution in [0.1, 0.15) is 5.30 Å². The number of nitrogens with one attached hydrogen (secondary N) is 1. The fourth-order valence-electron chi connectivity index (χ4n) is 0.430. The number of nitrogens with zero attached hydrogens (tertiary/aromatic N) is 1. The van der Waals surface area contributed by atoms with Crippen LogP contribution >= 0.6 is 8.19 Å². The number of aromatic nitrogens is 1. The van der Waals surface area contributed by atoms with E-state index in [-0.39, 0.29) is 0 Å². The Morgan fingerprint density at radius 3 is 2.88 bits per heavy atom. The second-order valence-corrected chi connectivity index (χ2v) is 2.43. The summed E-state index contributed by atoms with van der Waals surface area (Å²) in [4.78, 5) is 3.78. The minimum atomic E-state index is 0.498. The molecule has 0 spiro atoms. The SMILES string of the molecule is N=Cc1[pH]cnc1N. The van der Waals surface area contributed by atoms with Gasteiger partial charge >= 0.3 is 0 Å². The van der Waals surface area contributed by atoms with Gasteiger partial charge in [-0.3, -0.25) is 0 Å². The van der Waals surface area contributed by atoms with Crippen LogP contribution in [0.5, 0.6) is 0 Å². The van der Waals surface area contributed by atoms with Crippen LogP contribution < -0.4 is 5.73 Å². The summed E-state index contributed by atoms with van der Waals surface area (Å²) in [5, 5.41) is 7.63. The Morgan fingerprint density at radius 2 is 2.62 bits per heavy atom. The summed E-state index contributed by atoms with van der Waals surface area (Å²) < 4.78 is 0. The maximum atomic E-state index is 6.79. The molecule has 1 aromatic rings. The molecule has 0 amide bonds. The summed E-state index contributed by atoms with van der Waals surface area (Å²) in [5.74, 6) is 2.23. The Balaban J connectivity index is 3.09. The zero-order valence-corrected chi connectivity index (χ0v) is 5.18. The van der Waals surface area contributed by atoms with Crippen molar-refractivity contribution in [2.45, 2.75) is 0 Å². The molecule has 1 heterocycles. The van der Waals surface area contributed by atoms with Crippen LogP contribution in [0, 0.1) is 5.41 Å². The first-order valence-corrected chi connectivity index (χ1v) is 3.21. The quantitative estimate of drug-likeness (QED) is 0.545. The van der Waals surface area contributed by atoms with Gasteiger partial charge in [0.15, 0.2) is 0 Å². The summed E-state index contributed by atoms with van der Waals surface area (Å²) in [7, 11) is 0.500. The monoisotopic (exact) mass is 127 g/mol. The highest BCUT2D eigenvalue weighted by Gasteiger charge is 1.92. The van der Waals surface area contributed by atoms with E-state index in [9.17, 15) is 0 Å². The molecule has 0 aliphatic heterocycles. The highest BCUT2D eigenvalue weighted by Crippen LogP contribution is 2.16. The van der Waals surface area contributed by atoms with Gasteiger partial charge < -0.3 is 11.1 Å². The molecule has 8 heavy (non-hydrogen) atoms. The van der Waals surface area contributed by atoms with E-state index in [0.29, 0.717) is 14.0 Å². The molecule has 0 bridgehead atoms. The van der Waals surface area contributed by atoms with Crippen LogP contribution in [-0.4, -0.2) is 11.2 Å². The average Bonchev–Trinajstić information content (AvgIpc) is 2.14. The van der Waals surface area contributed by atoms with Crippen molar-refractivity contribution in [1.29, 1.82) is 5.41 Å². The van der Waals surface area contributed by atoms with Gasteiger partial charge in [0, 0.05) is 12.1 Å². The van der Waals surface area contributed by atoms with Gasteiger partial charge in [-0.05, 0) is 0 Å². The molecule has 0 saturated carbocycles. The third-order valence-corrected chi connectivity index (χ3v) is 1.81. The van der Waals surface area contributed by atoms with Crippen LogP contribution in [0.15, 0.2) is 5.93 Å². The Morgan fingerprint density at radius 1 is 1.88 bits per heavy atom. The van der Waals surface area contributed by atoms with Crippen molar-refractivity contribution < 1.29 is 0 Å². The molecule has 0 saturated heterocycles. The summed E-state index contributed by atoms with van der Waals surface area (Å²) in [6.07, 6.45) is 1.25. The van der Waals surface area contributed by atoms with E-state index in [2.05, 4.69) is 4.98 Å². The number of hydrogen-bond donors (Lipinski definition) is 2. The summed E-state index contributed by atoms with van der Waals surface area (Å²) in [6.45, 7) is 0. The Kier molecular flexibility index (Phi) is 1.31. The largest absolute Gasteiger partial charge is 0.383 e. The lowest BCUT2D eigenvalue weighted by molar-refractivity contribution is 1.42. The molecule has 4 heteroatoms. The van der Waals surface area contributed by atoms with E-state index in [0.717, 1.165) is 5.30 Å². The van der Waals surface area contributed by atoms with Crippen molar-refractivity contribution >= 4 is 20.2 Å². The highest BCUT2D eigenvalue weighted by molar-refractivity contribution is 7.31. The van der Waals surface area contributed by atoms with Gasteiger partial charge in [-0.15, -0.1) is 8.19 Å². The standard InChI is InChI=1S/C4H6N3P/c5-1-3-4(6)7-2-8-3/h1-2,5,8H,6H2. The summed E-state index contributed by atoms with van der Waals surface area (Å²) in [5.41, 5.74) is 5.33. The number of nitrogen functional groups attached to an aromatic ring is 1. The fraction of sp³-hybridized carbons (Fsp3) is 0. The van der Waals surface area contributed by atoms with Crippen molar-refractivity contribution in [3.63, 3.8) is 0 Å². The number of nitrogens with two attached hydrogens (primary N) is 1. The Bertz CT molecular complexity index is 193. The first-order valence-electron chi connectivity index (χ1n) is 2.14. The third kappa shape index (κ3) is 0.724. The van der Waals surface area contributed by atoms with E-state index in [4.69, 9.17) is 11.1 Å². The first kappa shape index (κ1) is 5.32. The molecule has 1 rings (SSSR count). The van der Waals surface area contributed by atoms with Gasteiger partial charge in [0.2, 0.25) is 0 Å². The minimum Gasteiger partial charge on any atom is -0.383 e. The number of hydrogen-bond acceptors (Lipinski definition) is 3. The zero-order valence-electron chi connectivity index (χ0n) is 4.18. The zero-order chi connectivity index (χ0) is 5.98. The van der Waals surface area contributed by atoms with Crippen molar-refractivity contribution in [2.75, 3.05) is 5.73 Å². The van der Waals surface area contributed by atoms with Crippen LogP contribution in [0.3, 0.4) is 0 Å². The van der Waals surface area contributed by atoms with Crippen molar-refractivity contribution in [2.24, 2.45) is 0 Å². The molecule has 1 atom stereocenters. The molecule has 0 fully saturated rings. The summed E-state index contributed by atoms with van der Waals surface area (Å²) >= 11 is 0. The van der Waals surface area contributed by atoms with Crippen molar-refractivity contribution in [3.05, 3.63) is 11.2 Å². The van der Waals surface area contributed by atoms with Crippen LogP contribution in [0.2, 0.25) is 0 Å². The predicted molar refractivity (Wildman–Crippen MR) is 36.0 cm³/mol. The van der Waals surface area contributed by atoms with Gasteiger partial charge in [0.1, 0.15) is 5.82 Å². The lowest BCUT2D eigenvalue weighted by atomic mass is 10.5. The molecule has 0 aliphatic rings. The van der Waals surface area contributed by atoms with E-state index >= 15 is 0 Å². The van der Waals surface area contributed by atoms with Gasteiger partial charge in [-0.2, -0.15) is 0 Å². The van der Waals surface area contributed by atoms with E-state index < -0.39 is 0 Å². The molecule has 3 N–H and O–H groups in total. The van der Waals surface area contributed by atoms with Gasteiger partial charge in [-0.1, -0.05) is 0 Å². The molecule has 0 aromatic carbocycles. The highest BCUT2D eigenvalue weighted by atomic mass is 31.0. The molecule has 42 valence electrons. The van der Waals surface area contributed by atoms with Gasteiger partial charge in [0.05, 0.1) is 5.30 Å². The summed E-state index contributed by atoms with van der Waals surface area (Å²) in [6, 6.07) is 0. The van der Waals surface area contributed by atoms with Crippen molar-refractivity contribution in [1.82, 2.24) is 4.98 Å². The second kappa shape index (κ2) is 1.97. The van der Waals surface area contributed by atoms with Gasteiger partial charge in [-0.25, -0.2) is 4.98 Å². The first-order chi connectivity index (χ1) is 3.84. The molecule has 0 radical (unpaired) electrons. The normalized spacial score (nSPS) is 10.0. The Labute approximate surface area is 48.5 Å². The molecular weight excluding hydrogens is 121 g/mol. The van der Waals surface area contributed by atoms with Crippen LogP contribution in [0.25, 0.3) is 0 Å². The molecular formula is C4H6N3P. The van der Waals surface area contributed by atoms with E-state index in [1.807, 2.05) is 0 Å². The second-order valence-electron chi connectivity index (χ2n) is 1.35. The smallest absolute Gasteiger partial charge is 0.136 e. The maximum absolute atomic E-state index is 6.79. The van der Waals surface area contributed by atoms with E-state index in [1.165, 1.54) is 6.21 Å². The molecule has 1 aromatic heterocycles. The lowest BCUT2D eigenvalue weighted by Crippen LogP contribution is -1.87. The topological polar surface area (TPSA) is 62.8 Å². The van der Waals surface area contributed by atoms with Crippen LogP contribution in [0.4, 0.5) is 5.82 Å². The Hall–Kier alpha value is -0.820. The molecule has 1 unspecified atom stereocenters. The molecule has 3 nitrogen and oxygen atoms in total. The minimum absolute atomic E-state index is 0.498. The third-order valence-electron chi connectivity index (χ3n) is 0.844. The van der Waals surface area contributed by atoms with Crippen molar-refractivity contribution in [3.8, 4) is 0 Å². The van der Waals surface area contributed by atoms with Crippen LogP contribution in [-0.2, 0) is 0 Å². The van der Waals surface area contributed by atoms with Gasteiger partial charge in [0.25, 0.3) is 0 Å². The fourth-order valence-corrected chi connectivity index (χ4v) is 1.07. The number of anilines is 1. The predicted octanol–water partition coefficient (Wildman–Crippen LogP) is 0.693. The van der Waals surface area contributed by atoms with E-state index in [1.54, 1.807) is 5.93 Å². The molecule has 0 aliphatic carbocycles. The number of rotatable bonds is 1.